The van der Waals surface area contributed by atoms with Gasteiger partial charge in [-0.25, -0.2) is 9.98 Å². The molecular formula is C23H26N6O2. The van der Waals surface area contributed by atoms with E-state index in [9.17, 15) is 0 Å². The van der Waals surface area contributed by atoms with Crippen LogP contribution < -0.4 is 15.0 Å². The summed E-state index contributed by atoms with van der Waals surface area (Å²) in [6.45, 7) is 3.17. The molecule has 0 unspecified atom stereocenters. The number of nitrogens with one attached hydrogen (secondary N) is 1. The number of fused-ring (bicyclic) bond motifs is 5. The zero-order valence-electron chi connectivity index (χ0n) is 17.6. The van der Waals surface area contributed by atoms with Gasteiger partial charge in [-0.3, -0.25) is 14.4 Å². The van der Waals surface area contributed by atoms with E-state index in [1.807, 2.05) is 18.2 Å². The van der Waals surface area contributed by atoms with E-state index < -0.39 is 0 Å². The lowest BCUT2D eigenvalue weighted by Gasteiger charge is -2.42. The van der Waals surface area contributed by atoms with Crippen LogP contribution in [0.15, 0.2) is 53.5 Å². The lowest BCUT2D eigenvalue weighted by atomic mass is 10.1. The summed E-state index contributed by atoms with van der Waals surface area (Å²) >= 11 is 0. The molecule has 4 heterocycles. The topological polar surface area (TPSA) is 67.2 Å². The van der Waals surface area contributed by atoms with Crippen LogP contribution in [0.5, 0.6) is 5.75 Å². The number of hydrogen-bond acceptors (Lipinski definition) is 7. The Hall–Kier alpha value is -3.10. The summed E-state index contributed by atoms with van der Waals surface area (Å²) in [6.07, 6.45) is 2.49. The van der Waals surface area contributed by atoms with Gasteiger partial charge in [0, 0.05) is 13.2 Å². The van der Waals surface area contributed by atoms with Gasteiger partial charge < -0.3 is 14.8 Å². The Morgan fingerprint density at radius 2 is 2.03 bits per heavy atom. The molecule has 1 aromatic heterocycles. The molecule has 1 fully saturated rings. The van der Waals surface area contributed by atoms with Crippen molar-refractivity contribution in [1.29, 1.82) is 0 Å². The number of para-hydroxylation sites is 2. The highest BCUT2D eigenvalue weighted by Gasteiger charge is 2.36. The van der Waals surface area contributed by atoms with Gasteiger partial charge in [0.2, 0.25) is 11.9 Å². The largest absolute Gasteiger partial charge is 0.497 e. The van der Waals surface area contributed by atoms with Crippen LogP contribution in [-0.2, 0) is 4.74 Å². The summed E-state index contributed by atoms with van der Waals surface area (Å²) in [4.78, 5) is 14.4. The molecule has 6 rings (SSSR count). The lowest BCUT2D eigenvalue weighted by molar-refractivity contribution is 0.0732. The quantitative estimate of drug-likeness (QED) is 0.703. The molecule has 2 aromatic carbocycles. The van der Waals surface area contributed by atoms with Gasteiger partial charge in [-0.2, -0.15) is 0 Å². The standard InChI is InChI=1S/C23H26N6O2/c1-30-17-10-8-16(9-11-17)21-26-22-24-14-27(13-18-5-4-12-31-18)15-28(22)23-25-19-6-2-3-7-20(19)29(21)23/h2-3,6-11,18,21H,4-5,12-15H2,1H3,(H,24,26)/t18-,21+/m1/s1. The second-order valence-electron chi connectivity index (χ2n) is 8.27. The summed E-state index contributed by atoms with van der Waals surface area (Å²) in [5.41, 5.74) is 3.21. The van der Waals surface area contributed by atoms with Crippen molar-refractivity contribution in [3.05, 3.63) is 54.1 Å². The molecule has 2 atom stereocenters. The average molecular weight is 419 g/mol. The van der Waals surface area contributed by atoms with Gasteiger partial charge in [0.05, 0.1) is 37.6 Å². The fraction of sp³-hybridized carbons (Fsp3) is 0.391. The van der Waals surface area contributed by atoms with Gasteiger partial charge >= 0.3 is 0 Å². The van der Waals surface area contributed by atoms with Crippen LogP contribution in [0.3, 0.4) is 0 Å². The maximum Gasteiger partial charge on any atom is 0.216 e. The fourth-order valence-corrected chi connectivity index (χ4v) is 4.72. The van der Waals surface area contributed by atoms with E-state index in [-0.39, 0.29) is 6.17 Å². The Bertz CT molecular complexity index is 1120. The molecule has 160 valence electrons. The Morgan fingerprint density at radius 1 is 1.16 bits per heavy atom. The molecule has 31 heavy (non-hydrogen) atoms. The first kappa shape index (κ1) is 18.7. The number of ether oxygens (including phenoxy) is 2. The van der Waals surface area contributed by atoms with Gasteiger partial charge in [0.1, 0.15) is 11.9 Å². The van der Waals surface area contributed by atoms with E-state index in [0.717, 1.165) is 66.9 Å². The maximum atomic E-state index is 5.85. The van der Waals surface area contributed by atoms with Gasteiger partial charge in [0.25, 0.3) is 0 Å². The molecule has 8 heteroatoms. The summed E-state index contributed by atoms with van der Waals surface area (Å²) in [5, 5.41) is 3.66. The van der Waals surface area contributed by atoms with E-state index in [0.29, 0.717) is 12.8 Å². The van der Waals surface area contributed by atoms with Gasteiger partial charge in [-0.05, 0) is 42.7 Å². The second kappa shape index (κ2) is 7.55. The number of guanidine groups is 1. The van der Waals surface area contributed by atoms with Crippen LogP contribution in [-0.4, -0.2) is 60.1 Å². The minimum Gasteiger partial charge on any atom is -0.497 e. The second-order valence-corrected chi connectivity index (χ2v) is 8.27. The third kappa shape index (κ3) is 3.23. The Morgan fingerprint density at radius 3 is 2.84 bits per heavy atom. The van der Waals surface area contributed by atoms with Crippen molar-refractivity contribution >= 4 is 22.9 Å². The normalized spacial score (nSPS) is 23.3. The zero-order valence-corrected chi connectivity index (χ0v) is 17.6. The number of hydrogen-bond donors (Lipinski definition) is 1. The van der Waals surface area contributed by atoms with E-state index in [1.165, 1.54) is 0 Å². The van der Waals surface area contributed by atoms with E-state index in [4.69, 9.17) is 19.5 Å². The third-order valence-electron chi connectivity index (χ3n) is 6.28. The van der Waals surface area contributed by atoms with Gasteiger partial charge in [-0.15, -0.1) is 0 Å². The van der Waals surface area contributed by atoms with Crippen LogP contribution in [0.1, 0.15) is 24.6 Å². The van der Waals surface area contributed by atoms with Crippen LogP contribution in [0.4, 0.5) is 5.95 Å². The molecule has 1 saturated heterocycles. The molecule has 0 amide bonds. The number of anilines is 1. The van der Waals surface area contributed by atoms with Crippen molar-refractivity contribution in [2.45, 2.75) is 25.1 Å². The summed E-state index contributed by atoms with van der Waals surface area (Å²) in [5.74, 6) is 2.63. The molecule has 0 aliphatic carbocycles. The first-order valence-corrected chi connectivity index (χ1v) is 10.8. The first-order chi connectivity index (χ1) is 15.3. The monoisotopic (exact) mass is 418 g/mol. The molecular weight excluding hydrogens is 392 g/mol. The molecule has 3 aromatic rings. The first-order valence-electron chi connectivity index (χ1n) is 10.8. The van der Waals surface area contributed by atoms with E-state index in [2.05, 4.69) is 50.0 Å². The van der Waals surface area contributed by atoms with Crippen molar-refractivity contribution in [2.24, 2.45) is 4.99 Å². The van der Waals surface area contributed by atoms with Crippen molar-refractivity contribution in [3.8, 4) is 5.75 Å². The minimum absolute atomic E-state index is 0.0898. The summed E-state index contributed by atoms with van der Waals surface area (Å²) in [7, 11) is 1.69. The third-order valence-corrected chi connectivity index (χ3v) is 6.28. The van der Waals surface area contributed by atoms with E-state index >= 15 is 0 Å². The molecule has 3 aliphatic rings. The van der Waals surface area contributed by atoms with Crippen LogP contribution in [0.25, 0.3) is 11.0 Å². The highest BCUT2D eigenvalue weighted by molar-refractivity contribution is 5.98. The molecule has 3 aliphatic heterocycles. The molecule has 0 radical (unpaired) electrons. The number of methoxy groups -OCH3 is 1. The Labute approximate surface area is 181 Å². The number of imidazole rings is 1. The highest BCUT2D eigenvalue weighted by Crippen LogP contribution is 2.34. The Kier molecular flexibility index (Phi) is 4.54. The number of nitrogens with zero attached hydrogens (tertiary/aromatic N) is 5. The number of aliphatic imine (C=N–C) groups is 1. The van der Waals surface area contributed by atoms with Crippen molar-refractivity contribution in [2.75, 3.05) is 38.5 Å². The lowest BCUT2D eigenvalue weighted by Crippen LogP contribution is -2.58. The predicted molar refractivity (Wildman–Crippen MR) is 119 cm³/mol. The maximum absolute atomic E-state index is 5.85. The summed E-state index contributed by atoms with van der Waals surface area (Å²) in [6, 6.07) is 16.5. The fourth-order valence-electron chi connectivity index (χ4n) is 4.72. The average Bonchev–Trinajstić information content (AvgIpc) is 3.47. The predicted octanol–water partition coefficient (Wildman–Crippen LogP) is 2.77. The molecule has 1 N–H and O–H groups in total. The molecule has 0 spiro atoms. The van der Waals surface area contributed by atoms with E-state index in [1.54, 1.807) is 7.11 Å². The van der Waals surface area contributed by atoms with Crippen molar-refractivity contribution in [1.82, 2.24) is 19.8 Å². The smallest absolute Gasteiger partial charge is 0.216 e. The molecule has 0 bridgehead atoms. The Balaban J connectivity index is 1.39. The molecule has 0 saturated carbocycles. The van der Waals surface area contributed by atoms with Gasteiger partial charge in [0.15, 0.2) is 0 Å². The van der Waals surface area contributed by atoms with Crippen LogP contribution in [0, 0.1) is 0 Å². The number of benzene rings is 2. The van der Waals surface area contributed by atoms with Crippen LogP contribution in [0.2, 0.25) is 0 Å². The summed E-state index contributed by atoms with van der Waals surface area (Å²) < 4.78 is 13.5. The van der Waals surface area contributed by atoms with Crippen molar-refractivity contribution < 1.29 is 9.47 Å². The number of aromatic nitrogens is 2. The SMILES string of the molecule is COc1ccc([C@H]2NC3=NCN(C[C@H]4CCCO4)CN3c3nc4ccccc4n32)cc1. The van der Waals surface area contributed by atoms with Crippen LogP contribution >= 0.6 is 0 Å². The van der Waals surface area contributed by atoms with Crippen molar-refractivity contribution in [3.63, 3.8) is 0 Å². The highest BCUT2D eigenvalue weighted by atomic mass is 16.5. The van der Waals surface area contributed by atoms with Gasteiger partial charge in [-0.1, -0.05) is 24.3 Å². The zero-order chi connectivity index (χ0) is 20.8. The molecule has 8 nitrogen and oxygen atoms in total. The minimum atomic E-state index is -0.0898. The number of rotatable bonds is 4.